The molecule has 1 aliphatic rings. The molecule has 0 saturated carbocycles. The van der Waals surface area contributed by atoms with Crippen LogP contribution in [0.3, 0.4) is 0 Å². The number of hydrogen-bond donors (Lipinski definition) is 1. The zero-order chi connectivity index (χ0) is 22.8. The largest absolute Gasteiger partial charge is 0.501 e. The number of carbonyl (C=O) groups is 1. The number of nitrogens with one attached hydrogen (secondary N) is 1. The standard InChI is InChI=1S/C19H18F3N3O5S/c20-19(21,22)31(29,30)15-6-7-16(17(10-15)25(27)28)23-11-13-3-1-4-14(9-13)12-24-8-2-5-18(24)26/h1,3-4,6-7,9-10,23H,2,5,8,11-12H2. The van der Waals surface area contributed by atoms with Gasteiger partial charge in [-0.3, -0.25) is 14.9 Å². The highest BCUT2D eigenvalue weighted by molar-refractivity contribution is 7.92. The molecule has 1 N–H and O–H groups in total. The van der Waals surface area contributed by atoms with Gasteiger partial charge in [0.15, 0.2) is 0 Å². The second-order valence-electron chi connectivity index (χ2n) is 6.98. The number of amides is 1. The fourth-order valence-corrected chi connectivity index (χ4v) is 4.02. The predicted octanol–water partition coefficient (Wildman–Crippen LogP) is 3.62. The Bertz CT molecular complexity index is 1120. The lowest BCUT2D eigenvalue weighted by molar-refractivity contribution is -0.384. The van der Waals surface area contributed by atoms with E-state index in [0.717, 1.165) is 23.6 Å². The first-order valence-corrected chi connectivity index (χ1v) is 10.7. The second kappa shape index (κ2) is 8.53. The van der Waals surface area contributed by atoms with Crippen LogP contribution in [0.2, 0.25) is 0 Å². The molecule has 0 radical (unpaired) electrons. The molecule has 0 aromatic heterocycles. The molecule has 3 rings (SSSR count). The molecular weight excluding hydrogens is 439 g/mol. The number of hydrogen-bond acceptors (Lipinski definition) is 6. The summed E-state index contributed by atoms with van der Waals surface area (Å²) >= 11 is 0. The maximum atomic E-state index is 12.7. The first-order chi connectivity index (χ1) is 14.5. The minimum absolute atomic E-state index is 0.0769. The van der Waals surface area contributed by atoms with E-state index >= 15 is 0 Å². The van der Waals surface area contributed by atoms with E-state index < -0.39 is 30.9 Å². The molecule has 0 spiro atoms. The summed E-state index contributed by atoms with van der Waals surface area (Å²) in [6.45, 7) is 1.23. The highest BCUT2D eigenvalue weighted by Gasteiger charge is 2.47. The minimum atomic E-state index is -5.70. The Morgan fingerprint density at radius 1 is 1.13 bits per heavy atom. The maximum Gasteiger partial charge on any atom is 0.501 e. The summed E-state index contributed by atoms with van der Waals surface area (Å²) in [4.78, 5) is 22.6. The van der Waals surface area contributed by atoms with Gasteiger partial charge in [0.1, 0.15) is 5.69 Å². The van der Waals surface area contributed by atoms with Gasteiger partial charge in [0.05, 0.1) is 9.82 Å². The molecule has 12 heteroatoms. The average Bonchev–Trinajstić information content (AvgIpc) is 3.10. The third kappa shape index (κ3) is 4.95. The smallest absolute Gasteiger partial charge is 0.375 e. The Morgan fingerprint density at radius 2 is 1.84 bits per heavy atom. The van der Waals surface area contributed by atoms with Crippen LogP contribution in [0.5, 0.6) is 0 Å². The van der Waals surface area contributed by atoms with Crippen LogP contribution in [0.1, 0.15) is 24.0 Å². The van der Waals surface area contributed by atoms with Crippen molar-refractivity contribution in [2.24, 2.45) is 0 Å². The molecule has 0 unspecified atom stereocenters. The number of anilines is 1. The Labute approximate surface area is 175 Å². The molecule has 0 aliphatic carbocycles. The SMILES string of the molecule is O=C1CCCN1Cc1cccc(CNc2ccc(S(=O)(=O)C(F)(F)F)cc2[N+](=O)[O-])c1. The summed E-state index contributed by atoms with van der Waals surface area (Å²) < 4.78 is 61.2. The molecule has 1 aliphatic heterocycles. The normalized spacial score (nSPS) is 14.7. The summed E-state index contributed by atoms with van der Waals surface area (Å²) in [5.41, 5.74) is -4.87. The van der Waals surface area contributed by atoms with Crippen molar-refractivity contribution in [2.75, 3.05) is 11.9 Å². The Kier molecular flexibility index (Phi) is 6.20. The number of halogens is 3. The van der Waals surface area contributed by atoms with Crippen molar-refractivity contribution in [1.82, 2.24) is 4.90 Å². The molecule has 2 aromatic rings. The monoisotopic (exact) mass is 457 g/mol. The van der Waals surface area contributed by atoms with Gasteiger partial charge in [0, 0.05) is 32.1 Å². The highest BCUT2D eigenvalue weighted by Crippen LogP contribution is 2.34. The lowest BCUT2D eigenvalue weighted by Gasteiger charge is -2.16. The molecule has 0 atom stereocenters. The van der Waals surface area contributed by atoms with E-state index in [0.29, 0.717) is 31.6 Å². The molecule has 1 fully saturated rings. The van der Waals surface area contributed by atoms with Gasteiger partial charge >= 0.3 is 5.51 Å². The van der Waals surface area contributed by atoms with Crippen molar-refractivity contribution in [3.05, 3.63) is 63.7 Å². The topological polar surface area (TPSA) is 110 Å². The van der Waals surface area contributed by atoms with Crippen LogP contribution in [0.4, 0.5) is 24.5 Å². The Balaban J connectivity index is 1.78. The van der Waals surface area contributed by atoms with Crippen LogP contribution in [-0.4, -0.2) is 36.2 Å². The number of carbonyl (C=O) groups excluding carboxylic acids is 1. The lowest BCUT2D eigenvalue weighted by Crippen LogP contribution is -2.23. The van der Waals surface area contributed by atoms with Crippen molar-refractivity contribution < 1.29 is 31.3 Å². The van der Waals surface area contributed by atoms with Gasteiger partial charge < -0.3 is 10.2 Å². The van der Waals surface area contributed by atoms with Crippen LogP contribution in [-0.2, 0) is 27.7 Å². The number of likely N-dealkylation sites (tertiary alicyclic amines) is 1. The van der Waals surface area contributed by atoms with Crippen molar-refractivity contribution in [2.45, 2.75) is 36.3 Å². The van der Waals surface area contributed by atoms with Crippen molar-refractivity contribution in [3.63, 3.8) is 0 Å². The molecule has 0 bridgehead atoms. The second-order valence-corrected chi connectivity index (χ2v) is 8.92. The van der Waals surface area contributed by atoms with Gasteiger partial charge in [0.25, 0.3) is 15.5 Å². The summed E-state index contributed by atoms with van der Waals surface area (Å²) in [7, 11) is -5.70. The summed E-state index contributed by atoms with van der Waals surface area (Å²) in [6.07, 6.45) is 1.33. The van der Waals surface area contributed by atoms with Gasteiger partial charge in [0.2, 0.25) is 5.91 Å². The number of rotatable bonds is 7. The molecular formula is C19H18F3N3O5S. The van der Waals surface area contributed by atoms with Crippen molar-refractivity contribution in [1.29, 1.82) is 0 Å². The number of alkyl halides is 3. The molecule has 31 heavy (non-hydrogen) atoms. The minimum Gasteiger partial charge on any atom is -0.375 e. The Hall–Kier alpha value is -3.15. The van der Waals surface area contributed by atoms with E-state index in [-0.39, 0.29) is 18.1 Å². The Morgan fingerprint density at radius 3 is 2.45 bits per heavy atom. The zero-order valence-corrected chi connectivity index (χ0v) is 16.9. The maximum absolute atomic E-state index is 12.7. The third-order valence-corrected chi connectivity index (χ3v) is 6.28. The van der Waals surface area contributed by atoms with Gasteiger partial charge in [-0.1, -0.05) is 24.3 Å². The van der Waals surface area contributed by atoms with E-state index in [1.807, 2.05) is 12.1 Å². The predicted molar refractivity (Wildman–Crippen MR) is 105 cm³/mol. The number of nitro groups is 1. The van der Waals surface area contributed by atoms with Crippen LogP contribution in [0.25, 0.3) is 0 Å². The molecule has 8 nitrogen and oxygen atoms in total. The first kappa shape index (κ1) is 22.5. The van der Waals surface area contributed by atoms with Crippen LogP contribution in [0, 0.1) is 10.1 Å². The number of sulfone groups is 1. The zero-order valence-electron chi connectivity index (χ0n) is 16.1. The van der Waals surface area contributed by atoms with Gasteiger partial charge in [-0.05, 0) is 29.7 Å². The van der Waals surface area contributed by atoms with E-state index in [1.54, 1.807) is 17.0 Å². The molecule has 166 valence electrons. The quantitative estimate of drug-likeness (QED) is 0.502. The van der Waals surface area contributed by atoms with Gasteiger partial charge in [-0.2, -0.15) is 13.2 Å². The molecule has 1 heterocycles. The van der Waals surface area contributed by atoms with Crippen molar-refractivity contribution >= 4 is 27.1 Å². The van der Waals surface area contributed by atoms with Crippen LogP contribution in [0.15, 0.2) is 47.4 Å². The summed E-state index contributed by atoms with van der Waals surface area (Å²) in [5, 5.41) is 14.1. The number of benzene rings is 2. The van der Waals surface area contributed by atoms with Gasteiger partial charge in [-0.15, -0.1) is 0 Å². The average molecular weight is 457 g/mol. The molecule has 1 saturated heterocycles. The van der Waals surface area contributed by atoms with Crippen molar-refractivity contribution in [3.8, 4) is 0 Å². The lowest BCUT2D eigenvalue weighted by atomic mass is 10.1. The summed E-state index contributed by atoms with van der Waals surface area (Å²) in [6, 6.07) is 9.16. The highest BCUT2D eigenvalue weighted by atomic mass is 32.2. The fourth-order valence-electron chi connectivity index (χ4n) is 3.24. The van der Waals surface area contributed by atoms with E-state index in [1.165, 1.54) is 0 Å². The van der Waals surface area contributed by atoms with E-state index in [4.69, 9.17) is 0 Å². The third-order valence-electron chi connectivity index (χ3n) is 4.80. The van der Waals surface area contributed by atoms with Crippen LogP contribution < -0.4 is 5.32 Å². The number of nitrogens with zero attached hydrogens (tertiary/aromatic N) is 2. The molecule has 2 aromatic carbocycles. The van der Waals surface area contributed by atoms with E-state index in [2.05, 4.69) is 5.32 Å². The first-order valence-electron chi connectivity index (χ1n) is 9.18. The van der Waals surface area contributed by atoms with E-state index in [9.17, 15) is 36.5 Å². The number of nitro benzene ring substituents is 1. The fraction of sp³-hybridized carbons (Fsp3) is 0.316. The summed E-state index contributed by atoms with van der Waals surface area (Å²) in [5.74, 6) is 0.0769. The van der Waals surface area contributed by atoms with Gasteiger partial charge in [-0.25, -0.2) is 8.42 Å². The van der Waals surface area contributed by atoms with Crippen LogP contribution >= 0.6 is 0 Å². The molecule has 1 amide bonds.